The Morgan fingerprint density at radius 3 is 2.75 bits per heavy atom. The van der Waals surface area contributed by atoms with Crippen LogP contribution in [0.3, 0.4) is 0 Å². The van der Waals surface area contributed by atoms with Gasteiger partial charge < -0.3 is 0 Å². The van der Waals surface area contributed by atoms with E-state index >= 15 is 0 Å². The summed E-state index contributed by atoms with van der Waals surface area (Å²) in [5, 5.41) is 0. The predicted molar refractivity (Wildman–Crippen MR) is 71.6 cm³/mol. The first kappa shape index (κ1) is 11.4. The minimum Gasteiger partial charge on any atom is -0.128 e. The summed E-state index contributed by atoms with van der Waals surface area (Å²) in [6.45, 7) is 0. The summed E-state index contributed by atoms with van der Waals surface area (Å²) in [6, 6.07) is 4.18. The second kappa shape index (κ2) is 4.19. The van der Waals surface area contributed by atoms with Gasteiger partial charge in [-0.05, 0) is 55.1 Å². The molecule has 2 saturated carbocycles. The van der Waals surface area contributed by atoms with Crippen LogP contribution in [0.25, 0.3) is 0 Å². The van der Waals surface area contributed by atoms with Crippen LogP contribution in [0.1, 0.15) is 30.6 Å². The van der Waals surface area contributed by atoms with Crippen LogP contribution in [0.5, 0.6) is 0 Å². The Morgan fingerprint density at radius 2 is 2.25 bits per heavy atom. The van der Waals surface area contributed by atoms with Gasteiger partial charge in [0.05, 0.1) is 4.34 Å². The van der Waals surface area contributed by atoms with Crippen LogP contribution < -0.4 is 0 Å². The van der Waals surface area contributed by atoms with Crippen LogP contribution in [0.15, 0.2) is 12.1 Å². The molecule has 0 spiro atoms. The summed E-state index contributed by atoms with van der Waals surface area (Å²) in [5.74, 6) is 2.65. The molecule has 0 radical (unpaired) electrons. The van der Waals surface area contributed by atoms with Crippen molar-refractivity contribution in [2.24, 2.45) is 17.3 Å². The minimum atomic E-state index is 0.388. The molecule has 2 bridgehead atoms. The van der Waals surface area contributed by atoms with Gasteiger partial charge in [-0.2, -0.15) is 0 Å². The molecule has 0 aromatic carbocycles. The third kappa shape index (κ3) is 1.81. The summed E-state index contributed by atoms with van der Waals surface area (Å²) in [6.07, 6.45) is 6.75. The molecule has 2 aliphatic rings. The number of thiophene rings is 1. The molecule has 0 N–H and O–H groups in total. The maximum absolute atomic E-state index is 6.29. The van der Waals surface area contributed by atoms with E-state index in [1.165, 1.54) is 30.6 Å². The summed E-state index contributed by atoms with van der Waals surface area (Å²) < 4.78 is 0.905. The summed E-state index contributed by atoms with van der Waals surface area (Å²) >= 11 is 14.0. The zero-order chi connectivity index (χ0) is 11.2. The maximum atomic E-state index is 6.29. The van der Waals surface area contributed by atoms with Crippen LogP contribution in [0.2, 0.25) is 4.34 Å². The van der Waals surface area contributed by atoms with E-state index in [-0.39, 0.29) is 0 Å². The van der Waals surface area contributed by atoms with E-state index in [9.17, 15) is 0 Å². The first-order valence-electron chi connectivity index (χ1n) is 6.02. The standard InChI is InChI=1S/C13H16Cl2S/c14-8-13(6-9-1-2-10(13)5-9)7-11-3-4-12(15)16-11/h3-4,9-10H,1-2,5-8H2. The highest BCUT2D eigenvalue weighted by Crippen LogP contribution is 2.58. The van der Waals surface area contributed by atoms with E-state index in [4.69, 9.17) is 23.2 Å². The molecule has 0 nitrogen and oxygen atoms in total. The molecule has 1 aromatic heterocycles. The van der Waals surface area contributed by atoms with Crippen molar-refractivity contribution < 1.29 is 0 Å². The van der Waals surface area contributed by atoms with Crippen LogP contribution in [-0.4, -0.2) is 5.88 Å². The van der Waals surface area contributed by atoms with Crippen LogP contribution >= 0.6 is 34.5 Å². The van der Waals surface area contributed by atoms with Gasteiger partial charge in [0.25, 0.3) is 0 Å². The third-order valence-corrected chi connectivity index (χ3v) is 6.29. The highest BCUT2D eigenvalue weighted by atomic mass is 35.5. The van der Waals surface area contributed by atoms with Gasteiger partial charge in [-0.15, -0.1) is 22.9 Å². The number of hydrogen-bond donors (Lipinski definition) is 0. The molecule has 3 rings (SSSR count). The zero-order valence-corrected chi connectivity index (χ0v) is 11.5. The molecule has 2 aliphatic carbocycles. The van der Waals surface area contributed by atoms with Crippen molar-refractivity contribution in [2.45, 2.75) is 32.1 Å². The Morgan fingerprint density at radius 1 is 1.38 bits per heavy atom. The molecule has 88 valence electrons. The molecular weight excluding hydrogens is 259 g/mol. The fraction of sp³-hybridized carbons (Fsp3) is 0.692. The number of rotatable bonds is 3. The molecule has 2 fully saturated rings. The molecule has 1 aromatic rings. The molecule has 3 unspecified atom stereocenters. The Balaban J connectivity index is 1.81. The lowest BCUT2D eigenvalue weighted by atomic mass is 9.72. The predicted octanol–water partition coefficient (Wildman–Crippen LogP) is 4.99. The maximum Gasteiger partial charge on any atom is 0.0931 e. The van der Waals surface area contributed by atoms with Gasteiger partial charge >= 0.3 is 0 Å². The van der Waals surface area contributed by atoms with Gasteiger partial charge in [0.1, 0.15) is 0 Å². The van der Waals surface area contributed by atoms with Crippen molar-refractivity contribution >= 4 is 34.5 Å². The summed E-state index contributed by atoms with van der Waals surface area (Å²) in [7, 11) is 0. The first-order valence-corrected chi connectivity index (χ1v) is 7.75. The highest BCUT2D eigenvalue weighted by Gasteiger charge is 2.50. The second-order valence-corrected chi connectivity index (χ2v) is 7.53. The van der Waals surface area contributed by atoms with Crippen LogP contribution in [0, 0.1) is 17.3 Å². The highest BCUT2D eigenvalue weighted by molar-refractivity contribution is 7.16. The molecule has 3 atom stereocenters. The molecule has 0 saturated heterocycles. The summed E-state index contributed by atoms with van der Waals surface area (Å²) in [5.41, 5.74) is 0.388. The van der Waals surface area contributed by atoms with Crippen LogP contribution in [-0.2, 0) is 6.42 Å². The lowest BCUT2D eigenvalue weighted by Crippen LogP contribution is -2.31. The third-order valence-electron chi connectivity index (χ3n) is 4.52. The quantitative estimate of drug-likeness (QED) is 0.682. The Kier molecular flexibility index (Phi) is 2.98. The van der Waals surface area contributed by atoms with E-state index in [1.807, 2.05) is 6.07 Å². The van der Waals surface area contributed by atoms with E-state index in [2.05, 4.69) is 6.07 Å². The largest absolute Gasteiger partial charge is 0.128 e. The van der Waals surface area contributed by atoms with Crippen molar-refractivity contribution in [1.82, 2.24) is 0 Å². The van der Waals surface area contributed by atoms with Gasteiger partial charge in [-0.3, -0.25) is 0 Å². The first-order chi connectivity index (χ1) is 7.72. The Labute approximate surface area is 111 Å². The zero-order valence-electron chi connectivity index (χ0n) is 9.22. The average molecular weight is 275 g/mol. The Hall–Kier alpha value is 0.280. The minimum absolute atomic E-state index is 0.388. The molecule has 1 heterocycles. The monoisotopic (exact) mass is 274 g/mol. The molecular formula is C13H16Cl2S. The van der Waals surface area contributed by atoms with E-state index in [0.717, 1.165) is 28.5 Å². The molecule has 0 aliphatic heterocycles. The number of alkyl halides is 1. The molecule has 16 heavy (non-hydrogen) atoms. The smallest absolute Gasteiger partial charge is 0.0931 e. The van der Waals surface area contributed by atoms with Gasteiger partial charge in [-0.25, -0.2) is 0 Å². The SMILES string of the molecule is ClCC1(Cc2ccc(Cl)s2)CC2CCC1C2. The molecule has 3 heteroatoms. The van der Waals surface area contributed by atoms with Gasteiger partial charge in [0.2, 0.25) is 0 Å². The normalized spacial score (nSPS) is 37.1. The summed E-state index contributed by atoms with van der Waals surface area (Å²) in [4.78, 5) is 1.42. The van der Waals surface area contributed by atoms with Crippen molar-refractivity contribution in [3.63, 3.8) is 0 Å². The van der Waals surface area contributed by atoms with Gasteiger partial charge in [0.15, 0.2) is 0 Å². The van der Waals surface area contributed by atoms with Crippen molar-refractivity contribution in [3.05, 3.63) is 21.3 Å². The number of fused-ring (bicyclic) bond motifs is 2. The van der Waals surface area contributed by atoms with Crippen molar-refractivity contribution in [1.29, 1.82) is 0 Å². The number of hydrogen-bond acceptors (Lipinski definition) is 1. The van der Waals surface area contributed by atoms with Gasteiger partial charge in [-0.1, -0.05) is 18.0 Å². The molecule has 0 amide bonds. The lowest BCUT2D eigenvalue weighted by molar-refractivity contribution is 0.194. The topological polar surface area (TPSA) is 0 Å². The van der Waals surface area contributed by atoms with E-state index < -0.39 is 0 Å². The number of halogens is 2. The van der Waals surface area contributed by atoms with Gasteiger partial charge in [0, 0.05) is 10.8 Å². The Bertz CT molecular complexity index is 387. The van der Waals surface area contributed by atoms with E-state index in [0.29, 0.717) is 5.41 Å². The fourth-order valence-corrected chi connectivity index (χ4v) is 5.44. The lowest BCUT2D eigenvalue weighted by Gasteiger charge is -2.35. The van der Waals surface area contributed by atoms with Crippen molar-refractivity contribution in [2.75, 3.05) is 5.88 Å². The fourth-order valence-electron chi connectivity index (χ4n) is 3.78. The van der Waals surface area contributed by atoms with E-state index in [1.54, 1.807) is 11.3 Å². The second-order valence-electron chi connectivity index (χ2n) is 5.46. The van der Waals surface area contributed by atoms with Crippen molar-refractivity contribution in [3.8, 4) is 0 Å². The average Bonchev–Trinajstić information content (AvgIpc) is 2.94. The van der Waals surface area contributed by atoms with Crippen LogP contribution in [0.4, 0.5) is 0 Å².